The highest BCUT2D eigenvalue weighted by atomic mass is 35.5. The lowest BCUT2D eigenvalue weighted by molar-refractivity contribution is -0.0776. The maximum Gasteiger partial charge on any atom is 0.300 e. The highest BCUT2D eigenvalue weighted by Crippen LogP contribution is 2.36. The summed E-state index contributed by atoms with van der Waals surface area (Å²) < 4.78 is 8.93. The summed E-state index contributed by atoms with van der Waals surface area (Å²) >= 11 is 7.14. The quantitative estimate of drug-likeness (QED) is 0.530. The van der Waals surface area contributed by atoms with Gasteiger partial charge in [-0.15, -0.1) is 0 Å². The van der Waals surface area contributed by atoms with Crippen LogP contribution in [0.1, 0.15) is 0 Å². The van der Waals surface area contributed by atoms with Gasteiger partial charge in [0.2, 0.25) is 0 Å². The largest absolute Gasteiger partial charge is 0.332 e. The van der Waals surface area contributed by atoms with Gasteiger partial charge in [0.1, 0.15) is 0 Å². The summed E-state index contributed by atoms with van der Waals surface area (Å²) in [6, 6.07) is 0. The van der Waals surface area contributed by atoms with Crippen LogP contribution < -0.4 is 0 Å². The minimum absolute atomic E-state index is 0.683. The average molecular weight is 155 g/mol. The first kappa shape index (κ1) is 6.68. The van der Waals surface area contributed by atoms with E-state index in [2.05, 4.69) is 0 Å². The van der Waals surface area contributed by atoms with Gasteiger partial charge in [-0.1, -0.05) is 11.8 Å². The van der Waals surface area contributed by atoms with Crippen molar-refractivity contribution < 1.29 is 9.47 Å². The van der Waals surface area contributed by atoms with E-state index in [0.717, 1.165) is 5.75 Å². The number of halogens is 1. The number of rotatable bonds is 1. The van der Waals surface area contributed by atoms with E-state index in [1.807, 2.05) is 0 Å². The normalized spacial score (nSPS) is 38.2. The van der Waals surface area contributed by atoms with Crippen molar-refractivity contribution in [2.24, 2.45) is 0 Å². The second-order valence-corrected chi connectivity index (χ2v) is 3.34. The van der Waals surface area contributed by atoms with Gasteiger partial charge in [-0.2, -0.15) is 0 Å². The second-order valence-electron chi connectivity index (χ2n) is 1.38. The zero-order valence-electron chi connectivity index (χ0n) is 4.52. The molecule has 1 rings (SSSR count). The number of alkyl halides is 1. The molecule has 0 bridgehead atoms. The molecule has 0 amide bonds. The summed E-state index contributed by atoms with van der Waals surface area (Å²) in [6.07, 6.45) is 0. The topological polar surface area (TPSA) is 18.5 Å². The van der Waals surface area contributed by atoms with Gasteiger partial charge in [0, 0.05) is 12.9 Å². The molecule has 4 heteroatoms. The van der Waals surface area contributed by atoms with Gasteiger partial charge in [-0.3, -0.25) is 0 Å². The third kappa shape index (κ3) is 1.29. The van der Waals surface area contributed by atoms with Crippen LogP contribution in [0.15, 0.2) is 0 Å². The predicted octanol–water partition coefficient (Wildman–Crippen LogP) is 1.25. The minimum atomic E-state index is -0.875. The molecule has 1 atom stereocenters. The predicted molar refractivity (Wildman–Crippen MR) is 34.0 cm³/mol. The van der Waals surface area contributed by atoms with Gasteiger partial charge in [0.15, 0.2) is 0 Å². The maximum atomic E-state index is 5.67. The monoisotopic (exact) mass is 154 g/mol. The minimum Gasteiger partial charge on any atom is -0.332 e. The first-order chi connectivity index (χ1) is 3.77. The van der Waals surface area contributed by atoms with E-state index in [-0.39, 0.29) is 0 Å². The molecule has 0 radical (unpaired) electrons. The zero-order valence-corrected chi connectivity index (χ0v) is 6.09. The van der Waals surface area contributed by atoms with E-state index in [4.69, 9.17) is 21.1 Å². The SMILES string of the molecule is COC1(Cl)OCCS1. The van der Waals surface area contributed by atoms with Crippen molar-refractivity contribution in [2.45, 2.75) is 4.58 Å². The maximum absolute atomic E-state index is 5.67. The molecule has 0 spiro atoms. The van der Waals surface area contributed by atoms with Crippen molar-refractivity contribution in [3.8, 4) is 0 Å². The van der Waals surface area contributed by atoms with E-state index >= 15 is 0 Å². The molecular formula is C4H7ClO2S. The van der Waals surface area contributed by atoms with Crippen molar-refractivity contribution in [3.05, 3.63) is 0 Å². The molecule has 1 saturated heterocycles. The first-order valence-corrected chi connectivity index (χ1v) is 3.65. The van der Waals surface area contributed by atoms with Crippen LogP contribution in [0.25, 0.3) is 0 Å². The van der Waals surface area contributed by atoms with Gasteiger partial charge in [-0.25, -0.2) is 0 Å². The van der Waals surface area contributed by atoms with Crippen molar-refractivity contribution in [3.63, 3.8) is 0 Å². The van der Waals surface area contributed by atoms with Crippen LogP contribution in [-0.2, 0) is 9.47 Å². The van der Waals surface area contributed by atoms with Gasteiger partial charge in [-0.05, 0) is 11.6 Å². The molecule has 0 aromatic carbocycles. The Hall–Kier alpha value is 0.560. The zero-order chi connectivity index (χ0) is 6.04. The molecule has 0 saturated carbocycles. The summed E-state index contributed by atoms with van der Waals surface area (Å²) in [6.45, 7) is 0.683. The van der Waals surface area contributed by atoms with Crippen molar-refractivity contribution >= 4 is 23.4 Å². The van der Waals surface area contributed by atoms with Crippen LogP contribution in [0.5, 0.6) is 0 Å². The van der Waals surface area contributed by atoms with Gasteiger partial charge >= 0.3 is 0 Å². The molecule has 2 nitrogen and oxygen atoms in total. The van der Waals surface area contributed by atoms with Gasteiger partial charge < -0.3 is 9.47 Å². The van der Waals surface area contributed by atoms with Crippen LogP contribution in [0.3, 0.4) is 0 Å². The number of methoxy groups -OCH3 is 1. The Bertz CT molecular complexity index is 82.1. The van der Waals surface area contributed by atoms with E-state index in [1.165, 1.54) is 18.9 Å². The van der Waals surface area contributed by atoms with E-state index in [1.54, 1.807) is 0 Å². The van der Waals surface area contributed by atoms with Gasteiger partial charge in [0.05, 0.1) is 6.61 Å². The molecule has 0 aromatic rings. The molecule has 1 unspecified atom stereocenters. The Morgan fingerprint density at radius 2 is 2.62 bits per heavy atom. The van der Waals surface area contributed by atoms with Crippen molar-refractivity contribution in [1.82, 2.24) is 0 Å². The molecule has 8 heavy (non-hydrogen) atoms. The summed E-state index contributed by atoms with van der Waals surface area (Å²) in [5, 5.41) is 0. The third-order valence-corrected chi connectivity index (χ3v) is 2.47. The summed E-state index contributed by atoms with van der Waals surface area (Å²) in [4.78, 5) is 0. The molecule has 0 aliphatic carbocycles. The van der Waals surface area contributed by atoms with Crippen LogP contribution >= 0.6 is 23.4 Å². The molecule has 0 N–H and O–H groups in total. The highest BCUT2D eigenvalue weighted by Gasteiger charge is 2.33. The van der Waals surface area contributed by atoms with E-state index in [0.29, 0.717) is 6.61 Å². The third-order valence-electron chi connectivity index (χ3n) is 0.876. The molecule has 1 aliphatic heterocycles. The Morgan fingerprint density at radius 1 is 1.88 bits per heavy atom. The average Bonchev–Trinajstić information content (AvgIpc) is 2.17. The van der Waals surface area contributed by atoms with Crippen molar-refractivity contribution in [1.29, 1.82) is 0 Å². The molecule has 1 heterocycles. The second kappa shape index (κ2) is 2.43. The summed E-state index contributed by atoms with van der Waals surface area (Å²) in [5.41, 5.74) is 0. The van der Waals surface area contributed by atoms with E-state index < -0.39 is 4.58 Å². The fourth-order valence-corrected chi connectivity index (χ4v) is 1.49. The smallest absolute Gasteiger partial charge is 0.300 e. The Labute approximate surface area is 57.5 Å². The van der Waals surface area contributed by atoms with Crippen LogP contribution in [0.4, 0.5) is 0 Å². The molecule has 48 valence electrons. The Morgan fingerprint density at radius 3 is 2.88 bits per heavy atom. The van der Waals surface area contributed by atoms with Gasteiger partial charge in [0.25, 0.3) is 4.58 Å². The Kier molecular flexibility index (Phi) is 2.03. The molecule has 1 fully saturated rings. The number of hydrogen-bond donors (Lipinski definition) is 0. The number of hydrogen-bond acceptors (Lipinski definition) is 3. The lowest BCUT2D eigenvalue weighted by Crippen LogP contribution is -2.17. The fraction of sp³-hybridized carbons (Fsp3) is 1.00. The lowest BCUT2D eigenvalue weighted by Gasteiger charge is -2.15. The van der Waals surface area contributed by atoms with E-state index in [9.17, 15) is 0 Å². The molecule has 0 aromatic heterocycles. The number of ether oxygens (including phenoxy) is 2. The number of thioether (sulfide) groups is 1. The fourth-order valence-electron chi connectivity index (χ4n) is 0.487. The van der Waals surface area contributed by atoms with Crippen LogP contribution in [0.2, 0.25) is 0 Å². The Balaban J connectivity index is 2.40. The van der Waals surface area contributed by atoms with Crippen molar-refractivity contribution in [2.75, 3.05) is 19.5 Å². The highest BCUT2D eigenvalue weighted by molar-refractivity contribution is 8.01. The van der Waals surface area contributed by atoms with Crippen LogP contribution in [-0.4, -0.2) is 24.0 Å². The standard InChI is InChI=1S/C4H7ClO2S/c1-6-4(5)7-2-3-8-4/h2-3H2,1H3. The summed E-state index contributed by atoms with van der Waals surface area (Å²) in [5.74, 6) is 0.914. The molecular weight excluding hydrogens is 148 g/mol. The lowest BCUT2D eigenvalue weighted by atomic mass is 10.9. The summed E-state index contributed by atoms with van der Waals surface area (Å²) in [7, 11) is 1.53. The first-order valence-electron chi connectivity index (χ1n) is 2.29. The van der Waals surface area contributed by atoms with Crippen LogP contribution in [0, 0.1) is 0 Å². The molecule has 1 aliphatic rings.